The van der Waals surface area contributed by atoms with Gasteiger partial charge in [-0.1, -0.05) is 23.7 Å². The molecule has 1 amide bonds. The fraction of sp³-hybridized carbons (Fsp3) is 0.316. The lowest BCUT2D eigenvalue weighted by molar-refractivity contribution is -0.890. The Labute approximate surface area is 148 Å². The fourth-order valence-electron chi connectivity index (χ4n) is 2.56. The third-order valence-electron chi connectivity index (χ3n) is 4.00. The van der Waals surface area contributed by atoms with Gasteiger partial charge in [-0.25, -0.2) is 0 Å². The summed E-state index contributed by atoms with van der Waals surface area (Å²) in [6.45, 7) is 0.584. The van der Waals surface area contributed by atoms with Crippen LogP contribution in [0.2, 0.25) is 5.02 Å². The highest BCUT2D eigenvalue weighted by atomic mass is 35.5. The molecule has 2 rings (SSSR count). The molecule has 128 valence electrons. The van der Waals surface area contributed by atoms with Crippen LogP contribution >= 0.6 is 11.6 Å². The molecule has 0 radical (unpaired) electrons. The number of ether oxygens (including phenoxy) is 1. The van der Waals surface area contributed by atoms with Crippen LogP contribution in [0, 0.1) is 0 Å². The molecule has 0 fully saturated rings. The minimum atomic E-state index is 0.0112. The van der Waals surface area contributed by atoms with Gasteiger partial charge in [0, 0.05) is 10.6 Å². The average molecular weight is 348 g/mol. The Hall–Kier alpha value is -2.04. The number of carbonyl (C=O) groups is 1. The van der Waals surface area contributed by atoms with Crippen LogP contribution in [-0.4, -0.2) is 33.7 Å². The number of benzene rings is 2. The van der Waals surface area contributed by atoms with Crippen molar-refractivity contribution in [3.8, 4) is 5.75 Å². The summed E-state index contributed by atoms with van der Waals surface area (Å²) in [6.07, 6.45) is 0.356. The van der Waals surface area contributed by atoms with Gasteiger partial charge in [0.25, 0.3) is 0 Å². The third kappa shape index (κ3) is 5.25. The smallest absolute Gasteiger partial charge is 0.224 e. The number of amides is 1. The van der Waals surface area contributed by atoms with E-state index < -0.39 is 0 Å². The van der Waals surface area contributed by atoms with Gasteiger partial charge in [-0.05, 0) is 42.0 Å². The molecule has 2 N–H and O–H groups in total. The Bertz CT molecular complexity index is 654. The number of hydrogen-bond donors (Lipinski definition) is 2. The largest absolute Gasteiger partial charge is 0.497 e. The highest BCUT2D eigenvalue weighted by Crippen LogP contribution is 2.15. The lowest BCUT2D eigenvalue weighted by atomic mass is 10.1. The number of quaternary nitrogens is 1. The molecule has 1 atom stereocenters. The second-order valence-electron chi connectivity index (χ2n) is 6.01. The molecule has 2 aromatic carbocycles. The summed E-state index contributed by atoms with van der Waals surface area (Å²) in [4.78, 5) is 13.4. The van der Waals surface area contributed by atoms with Crippen molar-refractivity contribution in [3.05, 3.63) is 64.7 Å². The first-order valence-corrected chi connectivity index (χ1v) is 8.32. The number of halogens is 1. The van der Waals surface area contributed by atoms with E-state index >= 15 is 0 Å². The Balaban J connectivity index is 1.95. The van der Waals surface area contributed by atoms with Crippen LogP contribution in [0.4, 0.5) is 0 Å². The van der Waals surface area contributed by atoms with Crippen LogP contribution in [0.15, 0.2) is 48.5 Å². The molecule has 0 aliphatic carbocycles. The Morgan fingerprint density at radius 2 is 1.75 bits per heavy atom. The molecule has 0 aliphatic heterocycles. The SMILES string of the molecule is COc1ccc([C@H](CNC(=O)Cc2ccc(Cl)cc2)[NH+](C)C)cc1. The fourth-order valence-corrected chi connectivity index (χ4v) is 2.68. The van der Waals surface area contributed by atoms with E-state index in [1.807, 2.05) is 36.4 Å². The van der Waals surface area contributed by atoms with Gasteiger partial charge >= 0.3 is 0 Å². The predicted octanol–water partition coefficient (Wildman–Crippen LogP) is 1.89. The predicted molar refractivity (Wildman–Crippen MR) is 96.7 cm³/mol. The van der Waals surface area contributed by atoms with E-state index in [1.54, 1.807) is 19.2 Å². The van der Waals surface area contributed by atoms with Crippen molar-refractivity contribution in [1.82, 2.24) is 5.32 Å². The molecule has 0 saturated heterocycles. The van der Waals surface area contributed by atoms with Crippen LogP contribution in [0.3, 0.4) is 0 Å². The van der Waals surface area contributed by atoms with Crippen molar-refractivity contribution in [2.24, 2.45) is 0 Å². The van der Waals surface area contributed by atoms with Crippen molar-refractivity contribution in [2.45, 2.75) is 12.5 Å². The molecule has 0 spiro atoms. The maximum atomic E-state index is 12.2. The molecule has 0 heterocycles. The number of nitrogens with one attached hydrogen (secondary N) is 2. The zero-order valence-corrected chi connectivity index (χ0v) is 15.1. The van der Waals surface area contributed by atoms with Crippen LogP contribution in [0.5, 0.6) is 5.75 Å². The molecule has 0 saturated carbocycles. The Morgan fingerprint density at radius 3 is 2.29 bits per heavy atom. The van der Waals surface area contributed by atoms with Crippen LogP contribution < -0.4 is 15.0 Å². The van der Waals surface area contributed by atoms with E-state index in [9.17, 15) is 4.79 Å². The van der Waals surface area contributed by atoms with Gasteiger partial charge in [-0.3, -0.25) is 4.79 Å². The lowest BCUT2D eigenvalue weighted by Crippen LogP contribution is -3.07. The summed E-state index contributed by atoms with van der Waals surface area (Å²) < 4.78 is 5.20. The second kappa shape index (κ2) is 8.71. The number of rotatable bonds is 7. The number of methoxy groups -OCH3 is 1. The maximum Gasteiger partial charge on any atom is 0.224 e. The average Bonchev–Trinajstić information content (AvgIpc) is 2.57. The first-order valence-electron chi connectivity index (χ1n) is 7.94. The molecule has 2 aromatic rings. The van der Waals surface area contributed by atoms with Crippen molar-refractivity contribution in [1.29, 1.82) is 0 Å². The van der Waals surface area contributed by atoms with Gasteiger partial charge in [0.1, 0.15) is 11.8 Å². The molecule has 0 aromatic heterocycles. The summed E-state index contributed by atoms with van der Waals surface area (Å²) >= 11 is 5.86. The minimum absolute atomic E-state index is 0.0112. The Morgan fingerprint density at radius 1 is 1.12 bits per heavy atom. The second-order valence-corrected chi connectivity index (χ2v) is 6.45. The van der Waals surface area contributed by atoms with Gasteiger partial charge in [0.05, 0.1) is 34.2 Å². The number of hydrogen-bond acceptors (Lipinski definition) is 2. The van der Waals surface area contributed by atoms with Gasteiger partial charge in [-0.2, -0.15) is 0 Å². The topological polar surface area (TPSA) is 42.8 Å². The number of carbonyl (C=O) groups excluding carboxylic acids is 1. The molecular formula is C19H24ClN2O2+. The van der Waals surface area contributed by atoms with Crippen LogP contribution in [0.25, 0.3) is 0 Å². The molecule has 5 heteroatoms. The zero-order valence-electron chi connectivity index (χ0n) is 14.3. The lowest BCUT2D eigenvalue weighted by Gasteiger charge is -2.22. The van der Waals surface area contributed by atoms with E-state index in [0.717, 1.165) is 11.3 Å². The van der Waals surface area contributed by atoms with E-state index in [4.69, 9.17) is 16.3 Å². The summed E-state index contributed by atoms with van der Waals surface area (Å²) in [6, 6.07) is 15.5. The van der Waals surface area contributed by atoms with Crippen LogP contribution in [0.1, 0.15) is 17.2 Å². The quantitative estimate of drug-likeness (QED) is 0.803. The van der Waals surface area contributed by atoms with Gasteiger partial charge in [0.2, 0.25) is 5.91 Å². The number of likely N-dealkylation sites (N-methyl/N-ethyl adjacent to an activating group) is 1. The minimum Gasteiger partial charge on any atom is -0.497 e. The van der Waals surface area contributed by atoms with Crippen LogP contribution in [-0.2, 0) is 11.2 Å². The first kappa shape index (κ1) is 18.3. The monoisotopic (exact) mass is 347 g/mol. The van der Waals surface area contributed by atoms with Gasteiger partial charge in [0.15, 0.2) is 0 Å². The highest BCUT2D eigenvalue weighted by molar-refractivity contribution is 6.30. The summed E-state index contributed by atoms with van der Waals surface area (Å²) in [7, 11) is 5.82. The highest BCUT2D eigenvalue weighted by Gasteiger charge is 2.18. The maximum absolute atomic E-state index is 12.2. The van der Waals surface area contributed by atoms with E-state index in [0.29, 0.717) is 18.0 Å². The van der Waals surface area contributed by atoms with Gasteiger partial charge in [-0.15, -0.1) is 0 Å². The zero-order chi connectivity index (χ0) is 17.5. The van der Waals surface area contributed by atoms with E-state index in [1.165, 1.54) is 10.5 Å². The molecule has 0 bridgehead atoms. The molecular weight excluding hydrogens is 324 g/mol. The van der Waals surface area contributed by atoms with E-state index in [2.05, 4.69) is 19.4 Å². The molecule has 24 heavy (non-hydrogen) atoms. The molecule has 0 aliphatic rings. The first-order chi connectivity index (χ1) is 11.5. The Kier molecular flexibility index (Phi) is 6.64. The molecule has 0 unspecified atom stereocenters. The standard InChI is InChI=1S/C19H23ClN2O2/c1-22(2)18(15-6-10-17(24-3)11-7-15)13-21-19(23)12-14-4-8-16(20)9-5-14/h4-11,18H,12-13H2,1-3H3,(H,21,23)/p+1/t18-/m0/s1. The summed E-state index contributed by atoms with van der Waals surface area (Å²) in [5, 5.41) is 3.71. The summed E-state index contributed by atoms with van der Waals surface area (Å²) in [5.74, 6) is 0.843. The third-order valence-corrected chi connectivity index (χ3v) is 4.25. The van der Waals surface area contributed by atoms with E-state index in [-0.39, 0.29) is 11.9 Å². The van der Waals surface area contributed by atoms with Gasteiger partial charge < -0.3 is 15.0 Å². The van der Waals surface area contributed by atoms with Crippen molar-refractivity contribution in [3.63, 3.8) is 0 Å². The summed E-state index contributed by atoms with van der Waals surface area (Å²) in [5.41, 5.74) is 2.12. The van der Waals surface area contributed by atoms with Crippen molar-refractivity contribution >= 4 is 17.5 Å². The normalized spacial score (nSPS) is 12.0. The molecule has 4 nitrogen and oxygen atoms in total. The van der Waals surface area contributed by atoms with Crippen molar-refractivity contribution in [2.75, 3.05) is 27.7 Å². The van der Waals surface area contributed by atoms with Crippen molar-refractivity contribution < 1.29 is 14.4 Å².